The molecule has 1 aromatic rings. The molecule has 1 aromatic carbocycles. The number of ether oxygens (including phenoxy) is 2. The first-order valence-electron chi connectivity index (χ1n) is 4.60. The summed E-state index contributed by atoms with van der Waals surface area (Å²) < 4.78 is 24.0. The molecular formula is C10H12FNO2. The predicted octanol–water partition coefficient (Wildman–Crippen LogP) is 1.45. The maximum absolute atomic E-state index is 13.3. The van der Waals surface area contributed by atoms with E-state index in [1.807, 2.05) is 0 Å². The highest BCUT2D eigenvalue weighted by Crippen LogP contribution is 2.35. The molecule has 0 aliphatic carbocycles. The minimum absolute atomic E-state index is 0.199. The van der Waals surface area contributed by atoms with Gasteiger partial charge in [0.25, 0.3) is 0 Å². The number of rotatable bonds is 1. The van der Waals surface area contributed by atoms with Crippen LogP contribution < -0.4 is 15.2 Å². The molecule has 0 atom stereocenters. The highest BCUT2D eigenvalue weighted by atomic mass is 19.1. The lowest BCUT2D eigenvalue weighted by Crippen LogP contribution is -2.03. The molecule has 0 spiro atoms. The monoisotopic (exact) mass is 197 g/mol. The second-order valence-corrected chi connectivity index (χ2v) is 3.12. The summed E-state index contributed by atoms with van der Waals surface area (Å²) in [6, 6.07) is 2.98. The summed E-state index contributed by atoms with van der Waals surface area (Å²) in [5.74, 6) is 0.273. The molecule has 1 aliphatic heterocycles. The van der Waals surface area contributed by atoms with Gasteiger partial charge in [0.2, 0.25) is 0 Å². The first kappa shape index (κ1) is 9.27. The molecule has 0 fully saturated rings. The molecule has 2 rings (SSSR count). The summed E-state index contributed by atoms with van der Waals surface area (Å²) in [6.45, 7) is 1.35. The quantitative estimate of drug-likeness (QED) is 0.741. The van der Waals surface area contributed by atoms with E-state index in [9.17, 15) is 4.39 Å². The van der Waals surface area contributed by atoms with Gasteiger partial charge in [-0.25, -0.2) is 4.39 Å². The van der Waals surface area contributed by atoms with E-state index in [2.05, 4.69) is 0 Å². The Morgan fingerprint density at radius 3 is 2.64 bits per heavy atom. The molecule has 0 amide bonds. The minimum atomic E-state index is -0.390. The molecule has 4 heteroatoms. The SMILES string of the molecule is NCc1ccc(F)c2c1OCCCO2. The van der Waals surface area contributed by atoms with Crippen molar-refractivity contribution >= 4 is 0 Å². The van der Waals surface area contributed by atoms with Crippen LogP contribution in [0, 0.1) is 5.82 Å². The van der Waals surface area contributed by atoms with Crippen LogP contribution in [-0.4, -0.2) is 13.2 Å². The maximum atomic E-state index is 13.3. The largest absolute Gasteiger partial charge is 0.489 e. The van der Waals surface area contributed by atoms with Crippen LogP contribution in [0.5, 0.6) is 11.5 Å². The summed E-state index contributed by atoms with van der Waals surface area (Å²) in [6.07, 6.45) is 0.762. The summed E-state index contributed by atoms with van der Waals surface area (Å²) in [5.41, 5.74) is 6.30. The highest BCUT2D eigenvalue weighted by Gasteiger charge is 2.18. The Bertz CT molecular complexity index is 341. The average molecular weight is 197 g/mol. The van der Waals surface area contributed by atoms with Crippen LogP contribution in [0.3, 0.4) is 0 Å². The lowest BCUT2D eigenvalue weighted by molar-refractivity contribution is 0.291. The third-order valence-electron chi connectivity index (χ3n) is 2.15. The minimum Gasteiger partial charge on any atom is -0.489 e. The van der Waals surface area contributed by atoms with E-state index in [0.717, 1.165) is 12.0 Å². The van der Waals surface area contributed by atoms with Gasteiger partial charge in [0, 0.05) is 18.5 Å². The maximum Gasteiger partial charge on any atom is 0.197 e. The van der Waals surface area contributed by atoms with Crippen LogP contribution in [0.15, 0.2) is 12.1 Å². The van der Waals surface area contributed by atoms with Crippen molar-refractivity contribution in [2.45, 2.75) is 13.0 Å². The fourth-order valence-corrected chi connectivity index (χ4v) is 1.44. The molecule has 0 radical (unpaired) electrons. The summed E-state index contributed by atoms with van der Waals surface area (Å²) in [4.78, 5) is 0. The van der Waals surface area contributed by atoms with E-state index in [4.69, 9.17) is 15.2 Å². The molecule has 14 heavy (non-hydrogen) atoms. The highest BCUT2D eigenvalue weighted by molar-refractivity contribution is 5.48. The van der Waals surface area contributed by atoms with Crippen molar-refractivity contribution in [3.05, 3.63) is 23.5 Å². The van der Waals surface area contributed by atoms with Crippen molar-refractivity contribution in [2.24, 2.45) is 5.73 Å². The van der Waals surface area contributed by atoms with E-state index in [1.165, 1.54) is 6.07 Å². The van der Waals surface area contributed by atoms with Gasteiger partial charge in [-0.3, -0.25) is 0 Å². The number of fused-ring (bicyclic) bond motifs is 1. The third kappa shape index (κ3) is 1.53. The van der Waals surface area contributed by atoms with Gasteiger partial charge >= 0.3 is 0 Å². The van der Waals surface area contributed by atoms with Gasteiger partial charge in [-0.15, -0.1) is 0 Å². The molecule has 1 aliphatic rings. The Balaban J connectivity index is 2.49. The number of benzene rings is 1. The zero-order chi connectivity index (χ0) is 9.97. The van der Waals surface area contributed by atoms with E-state index >= 15 is 0 Å². The van der Waals surface area contributed by atoms with Gasteiger partial charge in [0.1, 0.15) is 0 Å². The van der Waals surface area contributed by atoms with Crippen molar-refractivity contribution in [2.75, 3.05) is 13.2 Å². The standard InChI is InChI=1S/C10H12FNO2/c11-8-3-2-7(6-12)9-10(8)14-5-1-4-13-9/h2-3H,1,4-6,12H2. The lowest BCUT2D eigenvalue weighted by atomic mass is 10.2. The van der Waals surface area contributed by atoms with Gasteiger partial charge in [-0.2, -0.15) is 0 Å². The smallest absolute Gasteiger partial charge is 0.197 e. The molecule has 3 nitrogen and oxygen atoms in total. The Morgan fingerprint density at radius 2 is 1.93 bits per heavy atom. The Labute approximate surface area is 81.6 Å². The molecule has 76 valence electrons. The topological polar surface area (TPSA) is 44.5 Å². The van der Waals surface area contributed by atoms with Gasteiger partial charge in [0.05, 0.1) is 13.2 Å². The molecule has 0 unspecified atom stereocenters. The number of halogens is 1. The average Bonchev–Trinajstić information content (AvgIpc) is 2.44. The van der Waals surface area contributed by atoms with Crippen molar-refractivity contribution < 1.29 is 13.9 Å². The van der Waals surface area contributed by atoms with Crippen LogP contribution in [0.25, 0.3) is 0 Å². The second-order valence-electron chi connectivity index (χ2n) is 3.12. The van der Waals surface area contributed by atoms with E-state index in [1.54, 1.807) is 6.07 Å². The Morgan fingerprint density at radius 1 is 1.21 bits per heavy atom. The molecule has 0 bridgehead atoms. The van der Waals surface area contributed by atoms with Crippen LogP contribution in [0.4, 0.5) is 4.39 Å². The molecule has 2 N–H and O–H groups in total. The number of hydrogen-bond acceptors (Lipinski definition) is 3. The summed E-state index contributed by atoms with van der Waals surface area (Å²) in [7, 11) is 0. The van der Waals surface area contributed by atoms with Crippen LogP contribution >= 0.6 is 0 Å². The van der Waals surface area contributed by atoms with Crippen molar-refractivity contribution in [1.82, 2.24) is 0 Å². The van der Waals surface area contributed by atoms with E-state index < -0.39 is 0 Å². The van der Waals surface area contributed by atoms with Gasteiger partial charge in [-0.1, -0.05) is 6.07 Å². The van der Waals surface area contributed by atoms with E-state index in [-0.39, 0.29) is 11.6 Å². The van der Waals surface area contributed by atoms with Gasteiger partial charge in [-0.05, 0) is 6.07 Å². The van der Waals surface area contributed by atoms with Crippen LogP contribution in [-0.2, 0) is 6.54 Å². The number of nitrogens with two attached hydrogens (primary N) is 1. The fraction of sp³-hybridized carbons (Fsp3) is 0.400. The normalized spacial score (nSPS) is 15.0. The molecule has 1 heterocycles. The fourth-order valence-electron chi connectivity index (χ4n) is 1.44. The van der Waals surface area contributed by atoms with Crippen LogP contribution in [0.2, 0.25) is 0 Å². The summed E-state index contributed by atoms with van der Waals surface area (Å²) in [5, 5.41) is 0. The zero-order valence-corrected chi connectivity index (χ0v) is 7.75. The predicted molar refractivity (Wildman–Crippen MR) is 49.9 cm³/mol. The summed E-state index contributed by atoms with van der Waals surface area (Å²) >= 11 is 0. The van der Waals surface area contributed by atoms with Crippen LogP contribution in [0.1, 0.15) is 12.0 Å². The molecule has 0 aromatic heterocycles. The van der Waals surface area contributed by atoms with Crippen molar-refractivity contribution in [3.63, 3.8) is 0 Å². The zero-order valence-electron chi connectivity index (χ0n) is 7.75. The first-order chi connectivity index (χ1) is 6.83. The third-order valence-corrected chi connectivity index (χ3v) is 2.15. The van der Waals surface area contributed by atoms with Gasteiger partial charge in [0.15, 0.2) is 17.3 Å². The lowest BCUT2D eigenvalue weighted by Gasteiger charge is -2.11. The Kier molecular flexibility index (Phi) is 2.54. The number of hydrogen-bond donors (Lipinski definition) is 1. The van der Waals surface area contributed by atoms with Gasteiger partial charge < -0.3 is 15.2 Å². The first-order valence-corrected chi connectivity index (χ1v) is 4.60. The van der Waals surface area contributed by atoms with E-state index in [0.29, 0.717) is 25.5 Å². The molecule has 0 saturated carbocycles. The second kappa shape index (κ2) is 3.84. The van der Waals surface area contributed by atoms with Crippen molar-refractivity contribution in [3.8, 4) is 11.5 Å². The molecular weight excluding hydrogens is 185 g/mol. The van der Waals surface area contributed by atoms with Crippen molar-refractivity contribution in [1.29, 1.82) is 0 Å². The Hall–Kier alpha value is -1.29. The molecule has 0 saturated heterocycles.